The lowest BCUT2D eigenvalue weighted by molar-refractivity contribution is -0.122. The van der Waals surface area contributed by atoms with Crippen molar-refractivity contribution in [2.24, 2.45) is 11.3 Å². The molecule has 1 amide bonds. The molecule has 0 saturated carbocycles. The lowest BCUT2D eigenvalue weighted by atomic mass is 9.79. The largest absolute Gasteiger partial charge is 0.384 e. The van der Waals surface area contributed by atoms with Gasteiger partial charge in [-0.25, -0.2) is 0 Å². The van der Waals surface area contributed by atoms with E-state index in [0.717, 1.165) is 58.7 Å². The summed E-state index contributed by atoms with van der Waals surface area (Å²) in [6.45, 7) is 5.01. The number of carbonyl (C=O) groups excluding carboxylic acids is 1. The summed E-state index contributed by atoms with van der Waals surface area (Å²) in [4.78, 5) is 12.0. The first-order valence-corrected chi connectivity index (χ1v) is 7.28. The summed E-state index contributed by atoms with van der Waals surface area (Å²) in [5.74, 6) is 0.566. The van der Waals surface area contributed by atoms with Gasteiger partial charge < -0.3 is 20.1 Å². The van der Waals surface area contributed by atoms with Crippen molar-refractivity contribution in [3.63, 3.8) is 0 Å². The molecular weight excluding hydrogens is 280 g/mol. The smallest absolute Gasteiger partial charge is 0.220 e. The molecule has 0 bridgehead atoms. The number of piperidine rings is 1. The highest BCUT2D eigenvalue weighted by molar-refractivity contribution is 5.85. The second-order valence-electron chi connectivity index (χ2n) is 5.89. The molecule has 2 heterocycles. The second-order valence-corrected chi connectivity index (χ2v) is 5.89. The van der Waals surface area contributed by atoms with Gasteiger partial charge in [0.1, 0.15) is 0 Å². The number of methoxy groups -OCH3 is 1. The minimum absolute atomic E-state index is 0. The Morgan fingerprint density at radius 2 is 2.20 bits per heavy atom. The van der Waals surface area contributed by atoms with Crippen LogP contribution in [0.25, 0.3) is 0 Å². The van der Waals surface area contributed by atoms with Gasteiger partial charge >= 0.3 is 0 Å². The van der Waals surface area contributed by atoms with E-state index in [-0.39, 0.29) is 23.7 Å². The van der Waals surface area contributed by atoms with Crippen molar-refractivity contribution in [1.29, 1.82) is 0 Å². The third kappa shape index (κ3) is 5.20. The minimum Gasteiger partial charge on any atom is -0.384 e. The standard InChI is InChI=1S/C14H26N2O3.ClH/c1-18-11-14(3-5-15-6-4-14)10-16-13(17)8-12-2-7-19-9-12;/h12,15H,2-11H2,1H3,(H,16,17);1H. The lowest BCUT2D eigenvalue weighted by Gasteiger charge is -2.37. The molecule has 0 spiro atoms. The molecule has 6 heteroatoms. The van der Waals surface area contributed by atoms with Crippen LogP contribution in [0.4, 0.5) is 0 Å². The molecule has 0 aromatic carbocycles. The minimum atomic E-state index is 0. The fraction of sp³-hybridized carbons (Fsp3) is 0.929. The molecule has 1 atom stereocenters. The molecule has 20 heavy (non-hydrogen) atoms. The molecule has 0 radical (unpaired) electrons. The maximum atomic E-state index is 12.0. The molecule has 2 saturated heterocycles. The number of hydrogen-bond donors (Lipinski definition) is 2. The van der Waals surface area contributed by atoms with Crippen LogP contribution >= 0.6 is 12.4 Å². The Morgan fingerprint density at radius 3 is 2.80 bits per heavy atom. The highest BCUT2D eigenvalue weighted by atomic mass is 35.5. The van der Waals surface area contributed by atoms with Crippen LogP contribution in [-0.2, 0) is 14.3 Å². The Labute approximate surface area is 127 Å². The predicted octanol–water partition coefficient (Wildman–Crippen LogP) is 0.967. The van der Waals surface area contributed by atoms with E-state index in [1.807, 2.05) is 0 Å². The third-order valence-electron chi connectivity index (χ3n) is 4.27. The summed E-state index contributed by atoms with van der Waals surface area (Å²) < 4.78 is 10.7. The second kappa shape index (κ2) is 8.82. The topological polar surface area (TPSA) is 59.6 Å². The van der Waals surface area contributed by atoms with Crippen LogP contribution in [0.1, 0.15) is 25.7 Å². The number of rotatable bonds is 6. The van der Waals surface area contributed by atoms with Crippen molar-refractivity contribution in [1.82, 2.24) is 10.6 Å². The van der Waals surface area contributed by atoms with E-state index in [4.69, 9.17) is 9.47 Å². The van der Waals surface area contributed by atoms with E-state index >= 15 is 0 Å². The SMILES string of the molecule is COCC1(CNC(=O)CC2CCOC2)CCNCC1.Cl. The van der Waals surface area contributed by atoms with Gasteiger partial charge in [-0.15, -0.1) is 12.4 Å². The Balaban J connectivity index is 0.00000200. The van der Waals surface area contributed by atoms with E-state index in [1.54, 1.807) is 7.11 Å². The Morgan fingerprint density at radius 1 is 1.45 bits per heavy atom. The maximum Gasteiger partial charge on any atom is 0.220 e. The van der Waals surface area contributed by atoms with E-state index in [2.05, 4.69) is 10.6 Å². The first-order chi connectivity index (χ1) is 9.24. The van der Waals surface area contributed by atoms with Crippen molar-refractivity contribution < 1.29 is 14.3 Å². The van der Waals surface area contributed by atoms with Crippen molar-refractivity contribution in [2.45, 2.75) is 25.7 Å². The van der Waals surface area contributed by atoms with Gasteiger partial charge in [0.15, 0.2) is 0 Å². The summed E-state index contributed by atoms with van der Waals surface area (Å²) in [7, 11) is 1.74. The quantitative estimate of drug-likeness (QED) is 0.768. The molecule has 5 nitrogen and oxygen atoms in total. The number of halogens is 1. The van der Waals surface area contributed by atoms with Crippen molar-refractivity contribution in [2.75, 3.05) is 46.6 Å². The number of hydrogen-bond acceptors (Lipinski definition) is 4. The van der Waals surface area contributed by atoms with E-state index in [1.165, 1.54) is 0 Å². The highest BCUT2D eigenvalue weighted by Gasteiger charge is 2.32. The Hall–Kier alpha value is -0.360. The van der Waals surface area contributed by atoms with Gasteiger partial charge in [-0.05, 0) is 38.3 Å². The van der Waals surface area contributed by atoms with Crippen LogP contribution in [0, 0.1) is 11.3 Å². The van der Waals surface area contributed by atoms with Crippen LogP contribution in [-0.4, -0.2) is 52.5 Å². The number of carbonyl (C=O) groups is 1. The first-order valence-electron chi connectivity index (χ1n) is 7.28. The van der Waals surface area contributed by atoms with Gasteiger partial charge in [-0.3, -0.25) is 4.79 Å². The molecule has 118 valence electrons. The molecule has 2 aliphatic heterocycles. The Kier molecular flexibility index (Phi) is 7.80. The summed E-state index contributed by atoms with van der Waals surface area (Å²) in [6, 6.07) is 0. The summed E-state index contributed by atoms with van der Waals surface area (Å²) in [5.41, 5.74) is 0.113. The average molecular weight is 307 g/mol. The zero-order chi connectivity index (χ0) is 13.6. The van der Waals surface area contributed by atoms with E-state index in [0.29, 0.717) is 12.3 Å². The molecule has 0 aromatic rings. The van der Waals surface area contributed by atoms with Crippen LogP contribution in [0.5, 0.6) is 0 Å². The van der Waals surface area contributed by atoms with Gasteiger partial charge in [-0.2, -0.15) is 0 Å². The van der Waals surface area contributed by atoms with Gasteiger partial charge in [0.25, 0.3) is 0 Å². The van der Waals surface area contributed by atoms with Crippen LogP contribution in [0.3, 0.4) is 0 Å². The van der Waals surface area contributed by atoms with Crippen LogP contribution in [0.2, 0.25) is 0 Å². The van der Waals surface area contributed by atoms with Gasteiger partial charge in [0.05, 0.1) is 6.61 Å². The van der Waals surface area contributed by atoms with Crippen LogP contribution in [0.15, 0.2) is 0 Å². The monoisotopic (exact) mass is 306 g/mol. The first kappa shape index (κ1) is 17.7. The highest BCUT2D eigenvalue weighted by Crippen LogP contribution is 2.28. The van der Waals surface area contributed by atoms with Crippen LogP contribution < -0.4 is 10.6 Å². The number of amides is 1. The molecule has 2 rings (SSSR count). The average Bonchev–Trinajstić information content (AvgIpc) is 2.91. The molecule has 2 N–H and O–H groups in total. The van der Waals surface area contributed by atoms with E-state index < -0.39 is 0 Å². The fourth-order valence-corrected chi connectivity index (χ4v) is 3.00. The molecule has 2 fully saturated rings. The zero-order valence-corrected chi connectivity index (χ0v) is 13.1. The maximum absolute atomic E-state index is 12.0. The van der Waals surface area contributed by atoms with Gasteiger partial charge in [-0.1, -0.05) is 0 Å². The van der Waals surface area contributed by atoms with Gasteiger partial charge in [0.2, 0.25) is 5.91 Å². The molecular formula is C14H27ClN2O3. The predicted molar refractivity (Wildman–Crippen MR) is 80.2 cm³/mol. The number of nitrogens with one attached hydrogen (secondary N) is 2. The van der Waals surface area contributed by atoms with Crippen molar-refractivity contribution >= 4 is 18.3 Å². The molecule has 0 aliphatic carbocycles. The summed E-state index contributed by atoms with van der Waals surface area (Å²) >= 11 is 0. The zero-order valence-electron chi connectivity index (χ0n) is 12.3. The van der Waals surface area contributed by atoms with Crippen molar-refractivity contribution in [3.05, 3.63) is 0 Å². The fourth-order valence-electron chi connectivity index (χ4n) is 3.00. The normalized spacial score (nSPS) is 24.9. The molecule has 1 unspecified atom stereocenters. The molecule has 2 aliphatic rings. The van der Waals surface area contributed by atoms with Gasteiger partial charge in [0, 0.05) is 38.7 Å². The summed E-state index contributed by atoms with van der Waals surface area (Å²) in [6.07, 6.45) is 3.74. The Bertz CT molecular complexity index is 285. The third-order valence-corrected chi connectivity index (χ3v) is 4.27. The number of ether oxygens (including phenoxy) is 2. The van der Waals surface area contributed by atoms with Crippen molar-refractivity contribution in [3.8, 4) is 0 Å². The van der Waals surface area contributed by atoms with E-state index in [9.17, 15) is 4.79 Å². The molecule has 0 aromatic heterocycles. The summed E-state index contributed by atoms with van der Waals surface area (Å²) in [5, 5.41) is 6.46. The lowest BCUT2D eigenvalue weighted by Crippen LogP contribution is -2.47.